The molecule has 1 aliphatic heterocycles. The van der Waals surface area contributed by atoms with E-state index in [1.807, 2.05) is 28.8 Å². The maximum atomic E-state index is 12.6. The SMILES string of the molecule is CCc1nc(CC(=O)N2CCC[C@@H](n3nc(C)nc3C)C2)cs1. The highest BCUT2D eigenvalue weighted by Crippen LogP contribution is 2.23. The van der Waals surface area contributed by atoms with Crippen molar-refractivity contribution >= 4 is 17.2 Å². The highest BCUT2D eigenvalue weighted by Gasteiger charge is 2.26. The van der Waals surface area contributed by atoms with Crippen molar-refractivity contribution in [2.24, 2.45) is 0 Å². The fraction of sp³-hybridized carbons (Fsp3) is 0.625. The van der Waals surface area contributed by atoms with E-state index in [1.54, 1.807) is 11.3 Å². The van der Waals surface area contributed by atoms with Gasteiger partial charge in [-0.15, -0.1) is 11.3 Å². The molecule has 0 spiro atoms. The lowest BCUT2D eigenvalue weighted by Gasteiger charge is -2.33. The fourth-order valence-corrected chi connectivity index (χ4v) is 3.87. The number of rotatable bonds is 4. The van der Waals surface area contributed by atoms with E-state index in [2.05, 4.69) is 22.0 Å². The van der Waals surface area contributed by atoms with Crippen molar-refractivity contribution < 1.29 is 4.79 Å². The number of piperidine rings is 1. The van der Waals surface area contributed by atoms with Crippen LogP contribution in [0, 0.1) is 13.8 Å². The number of thiazole rings is 1. The van der Waals surface area contributed by atoms with Gasteiger partial charge in [-0.25, -0.2) is 14.6 Å². The minimum atomic E-state index is 0.164. The molecule has 124 valence electrons. The van der Waals surface area contributed by atoms with Crippen LogP contribution in [0.2, 0.25) is 0 Å². The van der Waals surface area contributed by atoms with E-state index in [0.717, 1.165) is 48.2 Å². The summed E-state index contributed by atoms with van der Waals surface area (Å²) in [5.41, 5.74) is 0.895. The van der Waals surface area contributed by atoms with Crippen LogP contribution >= 0.6 is 11.3 Å². The van der Waals surface area contributed by atoms with Gasteiger partial charge in [0, 0.05) is 18.5 Å². The molecule has 3 heterocycles. The number of nitrogens with zero attached hydrogens (tertiary/aromatic N) is 5. The van der Waals surface area contributed by atoms with E-state index in [-0.39, 0.29) is 11.9 Å². The summed E-state index contributed by atoms with van der Waals surface area (Å²) in [5, 5.41) is 7.58. The zero-order valence-electron chi connectivity index (χ0n) is 13.9. The minimum Gasteiger partial charge on any atom is -0.340 e. The van der Waals surface area contributed by atoms with Crippen molar-refractivity contribution in [1.82, 2.24) is 24.6 Å². The lowest BCUT2D eigenvalue weighted by molar-refractivity contribution is -0.132. The Morgan fingerprint density at radius 1 is 1.39 bits per heavy atom. The Morgan fingerprint density at radius 3 is 2.87 bits per heavy atom. The molecule has 0 bridgehead atoms. The van der Waals surface area contributed by atoms with Crippen LogP contribution in [0.15, 0.2) is 5.38 Å². The third-order valence-electron chi connectivity index (χ3n) is 4.24. The van der Waals surface area contributed by atoms with Crippen LogP contribution in [0.5, 0.6) is 0 Å². The minimum absolute atomic E-state index is 0.164. The lowest BCUT2D eigenvalue weighted by atomic mass is 10.1. The second kappa shape index (κ2) is 6.78. The summed E-state index contributed by atoms with van der Waals surface area (Å²) in [6, 6.07) is 0.232. The number of carbonyl (C=O) groups excluding carboxylic acids is 1. The molecular weight excluding hydrogens is 310 g/mol. The fourth-order valence-electron chi connectivity index (χ4n) is 3.12. The average Bonchev–Trinajstić information content (AvgIpc) is 3.13. The predicted molar refractivity (Wildman–Crippen MR) is 89.5 cm³/mol. The van der Waals surface area contributed by atoms with Crippen molar-refractivity contribution in [2.45, 2.75) is 52.5 Å². The van der Waals surface area contributed by atoms with Gasteiger partial charge >= 0.3 is 0 Å². The van der Waals surface area contributed by atoms with Gasteiger partial charge in [-0.1, -0.05) is 6.92 Å². The van der Waals surface area contributed by atoms with E-state index in [1.165, 1.54) is 0 Å². The first-order valence-corrected chi connectivity index (χ1v) is 9.05. The molecule has 0 aliphatic carbocycles. The molecule has 0 radical (unpaired) electrons. The van der Waals surface area contributed by atoms with Crippen molar-refractivity contribution in [3.63, 3.8) is 0 Å². The molecular formula is C16H23N5OS. The molecule has 1 amide bonds. The van der Waals surface area contributed by atoms with Crippen LogP contribution in [0.4, 0.5) is 0 Å². The molecule has 1 aliphatic rings. The molecule has 7 heteroatoms. The summed E-state index contributed by atoms with van der Waals surface area (Å²) in [7, 11) is 0. The van der Waals surface area contributed by atoms with Gasteiger partial charge in [0.05, 0.1) is 23.2 Å². The summed E-state index contributed by atoms with van der Waals surface area (Å²) in [6.07, 6.45) is 3.38. The Labute approximate surface area is 140 Å². The van der Waals surface area contributed by atoms with Crippen LogP contribution in [0.25, 0.3) is 0 Å². The van der Waals surface area contributed by atoms with Gasteiger partial charge in [-0.2, -0.15) is 5.10 Å². The van der Waals surface area contributed by atoms with Gasteiger partial charge in [-0.05, 0) is 33.1 Å². The first-order valence-electron chi connectivity index (χ1n) is 8.17. The first kappa shape index (κ1) is 16.1. The van der Waals surface area contributed by atoms with E-state index in [4.69, 9.17) is 0 Å². The first-order chi connectivity index (χ1) is 11.1. The van der Waals surface area contributed by atoms with Crippen LogP contribution in [-0.4, -0.2) is 43.6 Å². The zero-order valence-corrected chi connectivity index (χ0v) is 14.8. The van der Waals surface area contributed by atoms with E-state index in [9.17, 15) is 4.79 Å². The largest absolute Gasteiger partial charge is 0.340 e. The molecule has 2 aromatic heterocycles. The molecule has 2 aromatic rings. The number of aromatic nitrogens is 4. The van der Waals surface area contributed by atoms with E-state index < -0.39 is 0 Å². The molecule has 23 heavy (non-hydrogen) atoms. The Bertz CT molecular complexity index is 692. The molecule has 3 rings (SSSR count). The van der Waals surface area contributed by atoms with E-state index >= 15 is 0 Å². The van der Waals surface area contributed by atoms with Crippen LogP contribution in [-0.2, 0) is 17.6 Å². The third-order valence-corrected chi connectivity index (χ3v) is 5.28. The molecule has 6 nitrogen and oxygen atoms in total. The molecule has 0 unspecified atom stereocenters. The normalized spacial score (nSPS) is 18.4. The molecule has 0 saturated carbocycles. The molecule has 0 N–H and O–H groups in total. The second-order valence-electron chi connectivity index (χ2n) is 6.05. The van der Waals surface area contributed by atoms with Crippen molar-refractivity contribution in [3.8, 4) is 0 Å². The van der Waals surface area contributed by atoms with Crippen molar-refractivity contribution in [2.75, 3.05) is 13.1 Å². The highest BCUT2D eigenvalue weighted by atomic mass is 32.1. The number of aryl methyl sites for hydroxylation is 3. The van der Waals surface area contributed by atoms with Crippen molar-refractivity contribution in [1.29, 1.82) is 0 Å². The Morgan fingerprint density at radius 2 is 2.22 bits per heavy atom. The maximum Gasteiger partial charge on any atom is 0.228 e. The quantitative estimate of drug-likeness (QED) is 0.861. The summed E-state index contributed by atoms with van der Waals surface area (Å²) in [5.74, 6) is 1.88. The monoisotopic (exact) mass is 333 g/mol. The van der Waals surface area contributed by atoms with Crippen LogP contribution < -0.4 is 0 Å². The van der Waals surface area contributed by atoms with Gasteiger partial charge in [0.25, 0.3) is 0 Å². The van der Waals surface area contributed by atoms with Crippen LogP contribution in [0.3, 0.4) is 0 Å². The Hall–Kier alpha value is -1.76. The highest BCUT2D eigenvalue weighted by molar-refractivity contribution is 7.09. The lowest BCUT2D eigenvalue weighted by Crippen LogP contribution is -2.42. The average molecular weight is 333 g/mol. The van der Waals surface area contributed by atoms with Gasteiger partial charge in [-0.3, -0.25) is 4.79 Å². The molecule has 1 atom stereocenters. The molecule has 1 saturated heterocycles. The third kappa shape index (κ3) is 3.60. The maximum absolute atomic E-state index is 12.6. The standard InChI is InChI=1S/C16H23N5OS/c1-4-15-18-13(10-23-15)8-16(22)20-7-5-6-14(9-20)21-12(3)17-11(2)19-21/h10,14H,4-9H2,1-3H3/t14-/m1/s1. The summed E-state index contributed by atoms with van der Waals surface area (Å²) in [4.78, 5) is 23.4. The van der Waals surface area contributed by atoms with Gasteiger partial charge < -0.3 is 4.90 Å². The number of amides is 1. The van der Waals surface area contributed by atoms with Gasteiger partial charge in [0.15, 0.2) is 0 Å². The van der Waals surface area contributed by atoms with Gasteiger partial charge in [0.1, 0.15) is 11.6 Å². The summed E-state index contributed by atoms with van der Waals surface area (Å²) < 4.78 is 1.98. The van der Waals surface area contributed by atoms with Gasteiger partial charge in [0.2, 0.25) is 5.91 Å². The van der Waals surface area contributed by atoms with Crippen LogP contribution in [0.1, 0.15) is 48.2 Å². The Kier molecular flexibility index (Phi) is 4.75. The topological polar surface area (TPSA) is 63.9 Å². The van der Waals surface area contributed by atoms with E-state index in [0.29, 0.717) is 13.0 Å². The number of carbonyl (C=O) groups is 1. The van der Waals surface area contributed by atoms with Crippen molar-refractivity contribution in [3.05, 3.63) is 27.7 Å². The summed E-state index contributed by atoms with van der Waals surface area (Å²) in [6.45, 7) is 7.51. The Balaban J connectivity index is 1.65. The number of likely N-dealkylation sites (tertiary alicyclic amines) is 1. The summed E-state index contributed by atoms with van der Waals surface area (Å²) >= 11 is 1.64. The second-order valence-corrected chi connectivity index (χ2v) is 6.99. The number of hydrogen-bond acceptors (Lipinski definition) is 5. The zero-order chi connectivity index (χ0) is 16.4. The smallest absolute Gasteiger partial charge is 0.228 e. The molecule has 1 fully saturated rings. The molecule has 0 aromatic carbocycles. The number of hydrogen-bond donors (Lipinski definition) is 0. The predicted octanol–water partition coefficient (Wildman–Crippen LogP) is 2.32.